The second-order valence-corrected chi connectivity index (χ2v) is 11.1. The van der Waals surface area contributed by atoms with Crippen LogP contribution in [-0.2, 0) is 9.47 Å². The Morgan fingerprint density at radius 1 is 0.581 bits per heavy atom. The molecule has 2 nitrogen and oxygen atoms in total. The number of unbranched alkanes of at least 4 members (excludes halogenated alkanes) is 5. The summed E-state index contributed by atoms with van der Waals surface area (Å²) < 4.78 is 11.9. The first-order chi connectivity index (χ1) is 15.3. The lowest BCUT2D eigenvalue weighted by atomic mass is 9.68. The Bertz CT molecular complexity index is 463. The van der Waals surface area contributed by atoms with Crippen LogP contribution in [0.4, 0.5) is 0 Å². The zero-order valence-corrected chi connectivity index (χ0v) is 20.9. The molecule has 2 aliphatic carbocycles. The number of hydrogen-bond acceptors (Lipinski definition) is 2. The van der Waals surface area contributed by atoms with Crippen molar-refractivity contribution in [1.29, 1.82) is 0 Å². The van der Waals surface area contributed by atoms with Crippen LogP contribution in [0.15, 0.2) is 12.2 Å². The summed E-state index contributed by atoms with van der Waals surface area (Å²) >= 11 is 0. The molecule has 0 bridgehead atoms. The average molecular weight is 433 g/mol. The van der Waals surface area contributed by atoms with Gasteiger partial charge in [-0.25, -0.2) is 0 Å². The van der Waals surface area contributed by atoms with Gasteiger partial charge in [-0.05, 0) is 74.7 Å². The van der Waals surface area contributed by atoms with Crippen molar-refractivity contribution in [1.82, 2.24) is 0 Å². The lowest BCUT2D eigenvalue weighted by Gasteiger charge is -2.37. The van der Waals surface area contributed by atoms with E-state index in [1.807, 2.05) is 0 Å². The molecule has 0 aromatic heterocycles. The van der Waals surface area contributed by atoms with Crippen molar-refractivity contribution in [3.8, 4) is 0 Å². The van der Waals surface area contributed by atoms with Gasteiger partial charge >= 0.3 is 0 Å². The van der Waals surface area contributed by atoms with E-state index >= 15 is 0 Å². The summed E-state index contributed by atoms with van der Waals surface area (Å²) in [6.45, 7) is 6.35. The summed E-state index contributed by atoms with van der Waals surface area (Å²) in [6, 6.07) is 0. The van der Waals surface area contributed by atoms with E-state index in [-0.39, 0.29) is 6.29 Å². The van der Waals surface area contributed by atoms with Gasteiger partial charge in [0.15, 0.2) is 6.29 Å². The maximum atomic E-state index is 5.97. The number of rotatable bonds is 12. The van der Waals surface area contributed by atoms with Crippen LogP contribution in [0.3, 0.4) is 0 Å². The minimum Gasteiger partial charge on any atom is -0.349 e. The van der Waals surface area contributed by atoms with Crippen LogP contribution < -0.4 is 0 Å². The van der Waals surface area contributed by atoms with Gasteiger partial charge < -0.3 is 9.47 Å². The SMILES string of the molecule is CCCCCCC1CCC(C2CCC(C=CC3OCC(CCCCC)CO3)CC2)CC1. The van der Waals surface area contributed by atoms with Crippen molar-refractivity contribution in [2.75, 3.05) is 13.2 Å². The third-order valence-electron chi connectivity index (χ3n) is 8.59. The number of hydrogen-bond donors (Lipinski definition) is 0. The van der Waals surface area contributed by atoms with Crippen molar-refractivity contribution in [2.45, 2.75) is 129 Å². The molecular weight excluding hydrogens is 380 g/mol. The summed E-state index contributed by atoms with van der Waals surface area (Å²) in [7, 11) is 0. The largest absolute Gasteiger partial charge is 0.349 e. The molecule has 31 heavy (non-hydrogen) atoms. The zero-order chi connectivity index (χ0) is 21.7. The van der Waals surface area contributed by atoms with Gasteiger partial charge in [-0.2, -0.15) is 0 Å². The maximum absolute atomic E-state index is 5.97. The summed E-state index contributed by atoms with van der Waals surface area (Å²) in [6.07, 6.45) is 28.8. The second kappa shape index (κ2) is 14.7. The van der Waals surface area contributed by atoms with E-state index in [0.29, 0.717) is 5.92 Å². The van der Waals surface area contributed by atoms with E-state index in [4.69, 9.17) is 9.47 Å². The third-order valence-corrected chi connectivity index (χ3v) is 8.59. The Morgan fingerprint density at radius 2 is 1.13 bits per heavy atom. The smallest absolute Gasteiger partial charge is 0.176 e. The van der Waals surface area contributed by atoms with Gasteiger partial charge in [0.25, 0.3) is 0 Å². The number of allylic oxidation sites excluding steroid dienone is 1. The Hall–Kier alpha value is -0.340. The van der Waals surface area contributed by atoms with Gasteiger partial charge in [0.1, 0.15) is 0 Å². The predicted octanol–water partition coefficient (Wildman–Crippen LogP) is 8.70. The van der Waals surface area contributed by atoms with Crippen molar-refractivity contribution in [3.05, 3.63) is 12.2 Å². The van der Waals surface area contributed by atoms with Gasteiger partial charge in [0.05, 0.1) is 13.2 Å². The van der Waals surface area contributed by atoms with E-state index in [9.17, 15) is 0 Å². The van der Waals surface area contributed by atoms with Crippen LogP contribution in [0.1, 0.15) is 123 Å². The van der Waals surface area contributed by atoms with Gasteiger partial charge in [-0.3, -0.25) is 0 Å². The molecule has 180 valence electrons. The molecule has 3 rings (SSSR count). The van der Waals surface area contributed by atoms with Gasteiger partial charge in [0, 0.05) is 5.92 Å². The normalized spacial score (nSPS) is 34.9. The molecule has 3 aliphatic rings. The van der Waals surface area contributed by atoms with Crippen molar-refractivity contribution >= 4 is 0 Å². The minimum atomic E-state index is -0.0900. The van der Waals surface area contributed by atoms with Crippen LogP contribution in [-0.4, -0.2) is 19.5 Å². The first kappa shape index (κ1) is 25.3. The Labute approximate surface area is 193 Å². The van der Waals surface area contributed by atoms with E-state index in [1.54, 1.807) is 0 Å². The molecular formula is C29H52O2. The molecule has 1 aliphatic heterocycles. The fourth-order valence-corrected chi connectivity index (χ4v) is 6.38. The summed E-state index contributed by atoms with van der Waals surface area (Å²) in [5, 5.41) is 0. The molecule has 3 fully saturated rings. The number of ether oxygens (including phenoxy) is 2. The maximum Gasteiger partial charge on any atom is 0.176 e. The minimum absolute atomic E-state index is 0.0900. The molecule has 0 amide bonds. The quantitative estimate of drug-likeness (QED) is 0.227. The highest BCUT2D eigenvalue weighted by Gasteiger charge is 2.30. The average Bonchev–Trinajstić information content (AvgIpc) is 2.82. The lowest BCUT2D eigenvalue weighted by Crippen LogP contribution is -2.31. The van der Waals surface area contributed by atoms with Crippen LogP contribution in [0.5, 0.6) is 0 Å². The summed E-state index contributed by atoms with van der Waals surface area (Å²) in [4.78, 5) is 0. The highest BCUT2D eigenvalue weighted by Crippen LogP contribution is 2.42. The topological polar surface area (TPSA) is 18.5 Å². The molecule has 0 spiro atoms. The molecule has 0 aromatic carbocycles. The van der Waals surface area contributed by atoms with Crippen LogP contribution in [0.25, 0.3) is 0 Å². The van der Waals surface area contributed by atoms with E-state index in [0.717, 1.165) is 36.9 Å². The second-order valence-electron chi connectivity index (χ2n) is 11.1. The Balaban J connectivity index is 1.26. The molecule has 0 atom stereocenters. The highest BCUT2D eigenvalue weighted by molar-refractivity contribution is 4.95. The summed E-state index contributed by atoms with van der Waals surface area (Å²) in [5.41, 5.74) is 0. The van der Waals surface area contributed by atoms with Crippen LogP contribution in [0, 0.1) is 29.6 Å². The molecule has 0 aromatic rings. The van der Waals surface area contributed by atoms with Crippen LogP contribution in [0.2, 0.25) is 0 Å². The molecule has 0 unspecified atom stereocenters. The first-order valence-electron chi connectivity index (χ1n) is 14.2. The molecule has 2 heteroatoms. The molecule has 1 heterocycles. The fourth-order valence-electron chi connectivity index (χ4n) is 6.38. The zero-order valence-electron chi connectivity index (χ0n) is 20.9. The van der Waals surface area contributed by atoms with Crippen LogP contribution >= 0.6 is 0 Å². The van der Waals surface area contributed by atoms with Crippen molar-refractivity contribution in [3.63, 3.8) is 0 Å². The highest BCUT2D eigenvalue weighted by atomic mass is 16.7. The first-order valence-corrected chi connectivity index (χ1v) is 14.2. The fraction of sp³-hybridized carbons (Fsp3) is 0.931. The Morgan fingerprint density at radius 3 is 1.77 bits per heavy atom. The monoisotopic (exact) mass is 432 g/mol. The predicted molar refractivity (Wildman–Crippen MR) is 132 cm³/mol. The van der Waals surface area contributed by atoms with E-state index < -0.39 is 0 Å². The van der Waals surface area contributed by atoms with Gasteiger partial charge in [-0.15, -0.1) is 0 Å². The summed E-state index contributed by atoms with van der Waals surface area (Å²) in [5.74, 6) is 4.45. The van der Waals surface area contributed by atoms with Gasteiger partial charge in [0.2, 0.25) is 0 Å². The molecule has 1 saturated heterocycles. The lowest BCUT2D eigenvalue weighted by molar-refractivity contribution is -0.175. The third kappa shape index (κ3) is 9.20. The molecule has 0 N–H and O–H groups in total. The molecule has 2 saturated carbocycles. The molecule has 0 radical (unpaired) electrons. The van der Waals surface area contributed by atoms with E-state index in [2.05, 4.69) is 26.0 Å². The standard InChI is InChI=1S/C29H52O2/c1-3-5-7-9-10-24-12-17-27(18-13-24)28-19-14-25(15-20-28)16-21-29-30-22-26(23-31-29)11-8-6-4-2/h16,21,24-29H,3-15,17-20,22-23H2,1-2H3. The Kier molecular flexibility index (Phi) is 12.0. The van der Waals surface area contributed by atoms with E-state index in [1.165, 1.54) is 109 Å². The van der Waals surface area contributed by atoms with Crippen molar-refractivity contribution in [2.24, 2.45) is 29.6 Å². The van der Waals surface area contributed by atoms with Gasteiger partial charge in [-0.1, -0.05) is 84.1 Å². The van der Waals surface area contributed by atoms with Crippen molar-refractivity contribution < 1.29 is 9.47 Å².